The predicted molar refractivity (Wildman–Crippen MR) is 87.4 cm³/mol. The molecule has 2 aromatic heterocycles. The molecule has 3 rings (SSSR count). The molecule has 0 radical (unpaired) electrons. The van der Waals surface area contributed by atoms with E-state index in [2.05, 4.69) is 21.0 Å². The van der Waals surface area contributed by atoms with Crippen molar-refractivity contribution < 1.29 is 18.5 Å². The zero-order chi connectivity index (χ0) is 17.6. The number of carbonyl (C=O) groups excluding carboxylic acids is 2. The van der Waals surface area contributed by atoms with Gasteiger partial charge in [0, 0.05) is 23.4 Å². The summed E-state index contributed by atoms with van der Waals surface area (Å²) in [5, 5.41) is 4.47. The number of aryl methyl sites for hydroxylation is 1. The highest BCUT2D eigenvalue weighted by Crippen LogP contribution is 2.18. The van der Waals surface area contributed by atoms with Gasteiger partial charge < -0.3 is 8.94 Å². The highest BCUT2D eigenvalue weighted by molar-refractivity contribution is 6.30. The van der Waals surface area contributed by atoms with E-state index in [1.54, 1.807) is 30.3 Å². The smallest absolute Gasteiger partial charge is 0.305 e. The van der Waals surface area contributed by atoms with E-state index in [1.165, 1.54) is 12.3 Å². The normalized spacial score (nSPS) is 10.4. The number of rotatable bonds is 5. The van der Waals surface area contributed by atoms with Crippen molar-refractivity contribution in [2.45, 2.75) is 12.8 Å². The summed E-state index contributed by atoms with van der Waals surface area (Å²) in [6.07, 6.45) is 1.67. The van der Waals surface area contributed by atoms with Gasteiger partial charge in [-0.1, -0.05) is 16.8 Å². The molecule has 0 atom stereocenters. The van der Waals surface area contributed by atoms with Crippen LogP contribution in [0.2, 0.25) is 5.02 Å². The third-order valence-corrected chi connectivity index (χ3v) is 3.45. The van der Waals surface area contributed by atoms with E-state index in [9.17, 15) is 9.59 Å². The number of furan rings is 1. The Kier molecular flexibility index (Phi) is 5.10. The summed E-state index contributed by atoms with van der Waals surface area (Å²) in [5.41, 5.74) is 5.29. The summed E-state index contributed by atoms with van der Waals surface area (Å²) in [4.78, 5) is 27.6. The van der Waals surface area contributed by atoms with Crippen LogP contribution in [0.25, 0.3) is 11.4 Å². The third-order valence-electron chi connectivity index (χ3n) is 3.20. The molecule has 2 heterocycles. The van der Waals surface area contributed by atoms with Gasteiger partial charge in [0.1, 0.15) is 0 Å². The van der Waals surface area contributed by atoms with E-state index < -0.39 is 11.8 Å². The number of hydrogen-bond acceptors (Lipinski definition) is 6. The van der Waals surface area contributed by atoms with Crippen LogP contribution in [-0.4, -0.2) is 22.0 Å². The summed E-state index contributed by atoms with van der Waals surface area (Å²) in [5.74, 6) is -0.104. The third kappa shape index (κ3) is 4.45. The number of benzene rings is 1. The van der Waals surface area contributed by atoms with Crippen LogP contribution in [0, 0.1) is 0 Å². The van der Waals surface area contributed by atoms with Gasteiger partial charge in [-0.05, 0) is 36.4 Å². The van der Waals surface area contributed by atoms with Crippen LogP contribution in [0.5, 0.6) is 0 Å². The maximum Gasteiger partial charge on any atom is 0.305 e. The Bertz CT molecular complexity index is 859. The summed E-state index contributed by atoms with van der Waals surface area (Å²) < 4.78 is 10.0. The molecule has 0 unspecified atom stereocenters. The van der Waals surface area contributed by atoms with Crippen molar-refractivity contribution in [3.63, 3.8) is 0 Å². The van der Waals surface area contributed by atoms with Gasteiger partial charge in [-0.2, -0.15) is 4.98 Å². The summed E-state index contributed by atoms with van der Waals surface area (Å²) >= 11 is 5.83. The second-order valence-corrected chi connectivity index (χ2v) is 5.43. The quantitative estimate of drug-likeness (QED) is 0.676. The van der Waals surface area contributed by atoms with Gasteiger partial charge in [0.05, 0.1) is 6.26 Å². The molecule has 0 aliphatic rings. The highest BCUT2D eigenvalue weighted by atomic mass is 35.5. The molecule has 0 saturated carbocycles. The molecule has 1 aromatic carbocycles. The first kappa shape index (κ1) is 16.7. The fraction of sp³-hybridized carbons (Fsp3) is 0.125. The van der Waals surface area contributed by atoms with E-state index in [4.69, 9.17) is 20.5 Å². The molecule has 3 aromatic rings. The van der Waals surface area contributed by atoms with Crippen LogP contribution in [0.3, 0.4) is 0 Å². The van der Waals surface area contributed by atoms with Crippen molar-refractivity contribution in [3.8, 4) is 11.4 Å². The molecule has 2 amide bonds. The van der Waals surface area contributed by atoms with Crippen LogP contribution < -0.4 is 10.9 Å². The number of hydrazine groups is 1. The van der Waals surface area contributed by atoms with Crippen molar-refractivity contribution in [1.29, 1.82) is 0 Å². The molecule has 0 aliphatic carbocycles. The molecule has 0 bridgehead atoms. The topological polar surface area (TPSA) is 110 Å². The maximum atomic E-state index is 11.7. The largest absolute Gasteiger partial charge is 0.459 e. The van der Waals surface area contributed by atoms with Gasteiger partial charge in [-0.3, -0.25) is 20.4 Å². The van der Waals surface area contributed by atoms with E-state index in [0.717, 1.165) is 5.56 Å². The van der Waals surface area contributed by atoms with Gasteiger partial charge in [-0.15, -0.1) is 0 Å². The fourth-order valence-electron chi connectivity index (χ4n) is 1.95. The maximum absolute atomic E-state index is 11.7. The summed E-state index contributed by atoms with van der Waals surface area (Å²) in [6, 6.07) is 10.1. The summed E-state index contributed by atoms with van der Waals surface area (Å²) in [7, 11) is 0. The van der Waals surface area contributed by atoms with E-state index in [-0.39, 0.29) is 18.6 Å². The summed E-state index contributed by atoms with van der Waals surface area (Å²) in [6.45, 7) is 0. The average Bonchev–Trinajstić information content (AvgIpc) is 3.30. The first-order valence-electron chi connectivity index (χ1n) is 7.33. The lowest BCUT2D eigenvalue weighted by atomic mass is 10.2. The minimum Gasteiger partial charge on any atom is -0.459 e. The molecule has 8 nitrogen and oxygen atoms in total. The van der Waals surface area contributed by atoms with Crippen molar-refractivity contribution in [3.05, 3.63) is 59.3 Å². The first-order valence-corrected chi connectivity index (χ1v) is 7.71. The monoisotopic (exact) mass is 360 g/mol. The van der Waals surface area contributed by atoms with Crippen LogP contribution in [0.1, 0.15) is 22.9 Å². The van der Waals surface area contributed by atoms with Crippen LogP contribution in [0.4, 0.5) is 0 Å². The standard InChI is InChI=1S/C16H13ClN4O4/c17-11-5-3-10(4-6-11)15-18-14(25-21-15)8-7-13(22)19-20-16(23)12-2-1-9-24-12/h1-6,9H,7-8H2,(H,19,22)(H,20,23). The van der Waals surface area contributed by atoms with Crippen molar-refractivity contribution in [1.82, 2.24) is 21.0 Å². The number of nitrogens with one attached hydrogen (secondary N) is 2. The molecular formula is C16H13ClN4O4. The number of amides is 2. The van der Waals surface area contributed by atoms with Gasteiger partial charge in [0.25, 0.3) is 0 Å². The number of carbonyl (C=O) groups is 2. The Morgan fingerprint density at radius 3 is 2.64 bits per heavy atom. The average molecular weight is 361 g/mol. The van der Waals surface area contributed by atoms with E-state index >= 15 is 0 Å². The lowest BCUT2D eigenvalue weighted by Gasteiger charge is -2.04. The van der Waals surface area contributed by atoms with Crippen molar-refractivity contribution >= 4 is 23.4 Å². The second kappa shape index (κ2) is 7.63. The van der Waals surface area contributed by atoms with Crippen LogP contribution in [-0.2, 0) is 11.2 Å². The minimum absolute atomic E-state index is 0.0701. The number of nitrogens with zero attached hydrogens (tertiary/aromatic N) is 2. The Morgan fingerprint density at radius 2 is 1.92 bits per heavy atom. The van der Waals surface area contributed by atoms with Crippen LogP contribution >= 0.6 is 11.6 Å². The van der Waals surface area contributed by atoms with Gasteiger partial charge in [0.15, 0.2) is 5.76 Å². The Labute approximate surface area is 147 Å². The SMILES string of the molecule is O=C(CCc1nc(-c2ccc(Cl)cc2)no1)NNC(=O)c1ccco1. The Balaban J connectivity index is 1.48. The molecule has 2 N–H and O–H groups in total. The van der Waals surface area contributed by atoms with Gasteiger partial charge in [-0.25, -0.2) is 0 Å². The molecule has 25 heavy (non-hydrogen) atoms. The fourth-order valence-corrected chi connectivity index (χ4v) is 2.08. The minimum atomic E-state index is -0.541. The molecule has 0 spiro atoms. The first-order chi connectivity index (χ1) is 12.1. The van der Waals surface area contributed by atoms with Crippen molar-refractivity contribution in [2.24, 2.45) is 0 Å². The number of hydrogen-bond donors (Lipinski definition) is 2. The lowest BCUT2D eigenvalue weighted by Crippen LogP contribution is -2.41. The van der Waals surface area contributed by atoms with Gasteiger partial charge in [0.2, 0.25) is 17.6 Å². The molecule has 128 valence electrons. The van der Waals surface area contributed by atoms with E-state index in [0.29, 0.717) is 16.7 Å². The number of halogens is 1. The molecule has 0 saturated heterocycles. The molecule has 0 aliphatic heterocycles. The predicted octanol–water partition coefficient (Wildman–Crippen LogP) is 2.38. The molecule has 9 heteroatoms. The Hall–Kier alpha value is -3.13. The van der Waals surface area contributed by atoms with Gasteiger partial charge >= 0.3 is 5.91 Å². The lowest BCUT2D eigenvalue weighted by molar-refractivity contribution is -0.121. The zero-order valence-corrected chi connectivity index (χ0v) is 13.6. The van der Waals surface area contributed by atoms with E-state index in [1.807, 2.05) is 0 Å². The highest BCUT2D eigenvalue weighted by Gasteiger charge is 2.12. The molecule has 0 fully saturated rings. The van der Waals surface area contributed by atoms with Crippen LogP contribution in [0.15, 0.2) is 51.6 Å². The second-order valence-electron chi connectivity index (χ2n) is 5.00. The zero-order valence-electron chi connectivity index (χ0n) is 12.9. The van der Waals surface area contributed by atoms with Crippen molar-refractivity contribution in [2.75, 3.05) is 0 Å². The number of aromatic nitrogens is 2. The molecular weight excluding hydrogens is 348 g/mol. The Morgan fingerprint density at radius 1 is 1.12 bits per heavy atom.